The molecule has 0 amide bonds. The van der Waals surface area contributed by atoms with Crippen molar-refractivity contribution in [3.63, 3.8) is 0 Å². The van der Waals surface area contributed by atoms with Gasteiger partial charge in [0.05, 0.1) is 0 Å². The average Bonchev–Trinajstić information content (AvgIpc) is 2.70. The largest absolute Gasteiger partial charge is 0.0613 e. The van der Waals surface area contributed by atoms with Crippen molar-refractivity contribution in [2.75, 3.05) is 0 Å². The number of benzene rings is 3. The maximum Gasteiger partial charge on any atom is 0.0209 e. The molecule has 90 valence electrons. The standard InChI is InChI=1S/C18H11I/c19-11-7-8-12-15(9-11)18-14-6-2-4-10-3-1-5-13(16(10)14)17(12)18/h1-9,17-18H/t17-,18+/m1/s1. The van der Waals surface area contributed by atoms with Crippen LogP contribution in [0.15, 0.2) is 54.6 Å². The molecule has 0 bridgehead atoms. The lowest BCUT2D eigenvalue weighted by atomic mass is 9.67. The van der Waals surface area contributed by atoms with Gasteiger partial charge in [-0.15, -0.1) is 0 Å². The summed E-state index contributed by atoms with van der Waals surface area (Å²) in [5.74, 6) is 1.21. The van der Waals surface area contributed by atoms with Crippen LogP contribution in [-0.2, 0) is 0 Å². The highest BCUT2D eigenvalue weighted by Crippen LogP contribution is 2.61. The third-order valence-corrected chi connectivity index (χ3v) is 5.36. The second-order valence-corrected chi connectivity index (χ2v) is 6.77. The van der Waals surface area contributed by atoms with E-state index in [1.807, 2.05) is 0 Å². The second kappa shape index (κ2) is 3.40. The summed E-state index contributed by atoms with van der Waals surface area (Å²) in [7, 11) is 0. The van der Waals surface area contributed by atoms with Gasteiger partial charge in [-0.3, -0.25) is 0 Å². The summed E-state index contributed by atoms with van der Waals surface area (Å²) in [6.07, 6.45) is 0. The zero-order chi connectivity index (χ0) is 12.6. The van der Waals surface area contributed by atoms with E-state index in [-0.39, 0.29) is 0 Å². The summed E-state index contributed by atoms with van der Waals surface area (Å²) < 4.78 is 1.35. The van der Waals surface area contributed by atoms with Gasteiger partial charge in [0.2, 0.25) is 0 Å². The minimum absolute atomic E-state index is 0.603. The molecule has 0 nitrogen and oxygen atoms in total. The molecule has 0 saturated heterocycles. The number of rotatable bonds is 0. The molecule has 3 aromatic rings. The lowest BCUT2D eigenvalue weighted by Crippen LogP contribution is -2.22. The van der Waals surface area contributed by atoms with Crippen LogP contribution in [0.1, 0.15) is 34.1 Å². The molecule has 0 saturated carbocycles. The third-order valence-electron chi connectivity index (χ3n) is 4.69. The number of hydrogen-bond donors (Lipinski definition) is 0. The van der Waals surface area contributed by atoms with Crippen LogP contribution < -0.4 is 0 Å². The molecular weight excluding hydrogens is 343 g/mol. The SMILES string of the molecule is Ic1ccc2c(c1)[C@@H]1c3cccc4cccc(c34)[C@@H]21. The van der Waals surface area contributed by atoms with Gasteiger partial charge in [-0.2, -0.15) is 0 Å². The number of fused-ring (bicyclic) bond motifs is 6. The minimum Gasteiger partial charge on any atom is -0.0613 e. The Morgan fingerprint density at radius 2 is 1.37 bits per heavy atom. The van der Waals surface area contributed by atoms with Crippen molar-refractivity contribution in [2.24, 2.45) is 0 Å². The van der Waals surface area contributed by atoms with Crippen molar-refractivity contribution < 1.29 is 0 Å². The van der Waals surface area contributed by atoms with E-state index in [0.717, 1.165) is 0 Å². The van der Waals surface area contributed by atoms with Gasteiger partial charge in [0.15, 0.2) is 0 Å². The summed E-state index contributed by atoms with van der Waals surface area (Å²) in [4.78, 5) is 0. The molecular formula is C18H11I. The van der Waals surface area contributed by atoms with Crippen LogP contribution in [0.3, 0.4) is 0 Å². The van der Waals surface area contributed by atoms with E-state index in [1.165, 1.54) is 31.0 Å². The maximum atomic E-state index is 2.42. The zero-order valence-electron chi connectivity index (χ0n) is 10.2. The number of halogens is 1. The molecule has 2 aliphatic carbocycles. The van der Waals surface area contributed by atoms with Crippen LogP contribution in [0.4, 0.5) is 0 Å². The normalized spacial score (nSPS) is 21.9. The fourth-order valence-electron chi connectivity index (χ4n) is 3.97. The van der Waals surface area contributed by atoms with Crippen LogP contribution in [0.5, 0.6) is 0 Å². The Labute approximate surface area is 125 Å². The Bertz CT molecular complexity index is 842. The highest BCUT2D eigenvalue weighted by atomic mass is 127. The van der Waals surface area contributed by atoms with E-state index in [0.29, 0.717) is 11.8 Å². The molecule has 0 radical (unpaired) electrons. The van der Waals surface area contributed by atoms with Gasteiger partial charge in [-0.25, -0.2) is 0 Å². The molecule has 0 spiro atoms. The van der Waals surface area contributed by atoms with Gasteiger partial charge in [-0.05, 0) is 67.7 Å². The molecule has 2 atom stereocenters. The minimum atomic E-state index is 0.603. The van der Waals surface area contributed by atoms with E-state index in [9.17, 15) is 0 Å². The zero-order valence-corrected chi connectivity index (χ0v) is 12.4. The highest BCUT2D eigenvalue weighted by Gasteiger charge is 2.45. The monoisotopic (exact) mass is 354 g/mol. The van der Waals surface area contributed by atoms with Crippen molar-refractivity contribution in [3.05, 3.63) is 80.4 Å². The van der Waals surface area contributed by atoms with Gasteiger partial charge in [0, 0.05) is 15.4 Å². The number of hydrogen-bond acceptors (Lipinski definition) is 0. The predicted molar refractivity (Wildman–Crippen MR) is 86.8 cm³/mol. The van der Waals surface area contributed by atoms with Gasteiger partial charge in [-0.1, -0.05) is 42.5 Å². The van der Waals surface area contributed by atoms with E-state index < -0.39 is 0 Å². The Kier molecular flexibility index (Phi) is 1.87. The van der Waals surface area contributed by atoms with E-state index in [1.54, 1.807) is 5.56 Å². The fraction of sp³-hybridized carbons (Fsp3) is 0.111. The Hall–Kier alpha value is -1.35. The molecule has 0 aromatic heterocycles. The first kappa shape index (κ1) is 10.4. The first-order chi connectivity index (χ1) is 9.34. The fourth-order valence-corrected chi connectivity index (χ4v) is 4.49. The van der Waals surface area contributed by atoms with Crippen LogP contribution in [0.2, 0.25) is 0 Å². The first-order valence-electron chi connectivity index (χ1n) is 6.65. The summed E-state index contributed by atoms with van der Waals surface area (Å²) in [6.45, 7) is 0. The second-order valence-electron chi connectivity index (χ2n) is 5.52. The van der Waals surface area contributed by atoms with E-state index in [4.69, 9.17) is 0 Å². The molecule has 2 aliphatic rings. The van der Waals surface area contributed by atoms with Crippen molar-refractivity contribution in [3.8, 4) is 0 Å². The summed E-state index contributed by atoms with van der Waals surface area (Å²) in [6, 6.07) is 20.4. The quantitative estimate of drug-likeness (QED) is 0.497. The molecule has 0 N–H and O–H groups in total. The average molecular weight is 354 g/mol. The topological polar surface area (TPSA) is 0 Å². The lowest BCUT2D eigenvalue weighted by Gasteiger charge is -2.36. The third kappa shape index (κ3) is 1.15. The Morgan fingerprint density at radius 1 is 0.684 bits per heavy atom. The molecule has 1 heteroatoms. The molecule has 3 aromatic carbocycles. The lowest BCUT2D eigenvalue weighted by molar-refractivity contribution is 0.635. The van der Waals surface area contributed by atoms with Crippen LogP contribution in [0, 0.1) is 3.57 Å². The highest BCUT2D eigenvalue weighted by molar-refractivity contribution is 14.1. The molecule has 0 aliphatic heterocycles. The van der Waals surface area contributed by atoms with Crippen LogP contribution in [0.25, 0.3) is 10.8 Å². The van der Waals surface area contributed by atoms with Crippen LogP contribution in [-0.4, -0.2) is 0 Å². The predicted octanol–water partition coefficient (Wildman–Crippen LogP) is 5.04. The van der Waals surface area contributed by atoms with Crippen LogP contribution >= 0.6 is 22.6 Å². The van der Waals surface area contributed by atoms with Crippen molar-refractivity contribution in [2.45, 2.75) is 11.8 Å². The van der Waals surface area contributed by atoms with E-state index >= 15 is 0 Å². The Morgan fingerprint density at radius 3 is 2.11 bits per heavy atom. The maximum absolute atomic E-state index is 2.42. The summed E-state index contributed by atoms with van der Waals surface area (Å²) >= 11 is 2.42. The van der Waals surface area contributed by atoms with Gasteiger partial charge in [0.1, 0.15) is 0 Å². The van der Waals surface area contributed by atoms with Gasteiger partial charge >= 0.3 is 0 Å². The Balaban J connectivity index is 1.90. The van der Waals surface area contributed by atoms with Crippen molar-refractivity contribution >= 4 is 33.4 Å². The van der Waals surface area contributed by atoms with Gasteiger partial charge < -0.3 is 0 Å². The molecule has 0 unspecified atom stereocenters. The first-order valence-corrected chi connectivity index (χ1v) is 7.73. The van der Waals surface area contributed by atoms with E-state index in [2.05, 4.69) is 77.2 Å². The molecule has 0 heterocycles. The van der Waals surface area contributed by atoms with Crippen molar-refractivity contribution in [1.29, 1.82) is 0 Å². The summed E-state index contributed by atoms with van der Waals surface area (Å²) in [5.41, 5.74) is 6.15. The smallest absolute Gasteiger partial charge is 0.0209 e. The molecule has 5 rings (SSSR count). The molecule has 0 fully saturated rings. The van der Waals surface area contributed by atoms with Gasteiger partial charge in [0.25, 0.3) is 0 Å². The molecule has 19 heavy (non-hydrogen) atoms. The summed E-state index contributed by atoms with van der Waals surface area (Å²) in [5, 5.41) is 2.90. The van der Waals surface area contributed by atoms with Crippen molar-refractivity contribution in [1.82, 2.24) is 0 Å².